The molecule has 0 spiro atoms. The molecule has 2 heterocycles. The van der Waals surface area contributed by atoms with E-state index in [0.29, 0.717) is 5.65 Å². The summed E-state index contributed by atoms with van der Waals surface area (Å²) in [6.45, 7) is 1.81. The Morgan fingerprint density at radius 3 is 2.92 bits per heavy atom. The SMILES string of the molecule is Cc1cccc2nnc(C(=O)O)n12. The van der Waals surface area contributed by atoms with E-state index in [4.69, 9.17) is 5.11 Å². The number of hydrogen-bond acceptors (Lipinski definition) is 3. The van der Waals surface area contributed by atoms with E-state index in [1.54, 1.807) is 6.07 Å². The molecule has 0 amide bonds. The fraction of sp³-hybridized carbons (Fsp3) is 0.125. The summed E-state index contributed by atoms with van der Waals surface area (Å²) in [6, 6.07) is 5.33. The topological polar surface area (TPSA) is 67.5 Å². The number of carbonyl (C=O) groups is 1. The first-order valence-electron chi connectivity index (χ1n) is 3.74. The van der Waals surface area contributed by atoms with E-state index in [9.17, 15) is 4.79 Å². The smallest absolute Gasteiger partial charge is 0.374 e. The summed E-state index contributed by atoms with van der Waals surface area (Å²) >= 11 is 0. The molecule has 5 heteroatoms. The Hall–Kier alpha value is -1.91. The average molecular weight is 177 g/mol. The van der Waals surface area contributed by atoms with Gasteiger partial charge in [0.1, 0.15) is 0 Å². The summed E-state index contributed by atoms with van der Waals surface area (Å²) in [5.41, 5.74) is 1.36. The van der Waals surface area contributed by atoms with Crippen LogP contribution in [0.2, 0.25) is 0 Å². The Morgan fingerprint density at radius 2 is 2.23 bits per heavy atom. The number of rotatable bonds is 1. The Bertz CT molecular complexity index is 475. The zero-order valence-corrected chi connectivity index (χ0v) is 6.93. The van der Waals surface area contributed by atoms with Crippen LogP contribution in [-0.4, -0.2) is 25.7 Å². The van der Waals surface area contributed by atoms with Crippen LogP contribution in [0.4, 0.5) is 0 Å². The lowest BCUT2D eigenvalue weighted by molar-refractivity contribution is 0.0682. The minimum atomic E-state index is -1.07. The Balaban J connectivity index is 2.86. The lowest BCUT2D eigenvalue weighted by atomic mass is 10.3. The average Bonchev–Trinajstić information content (AvgIpc) is 2.49. The number of aromatic nitrogens is 3. The van der Waals surface area contributed by atoms with Gasteiger partial charge in [-0.05, 0) is 19.1 Å². The maximum absolute atomic E-state index is 10.7. The summed E-state index contributed by atoms with van der Waals surface area (Å²) in [5.74, 6) is -1.12. The number of hydrogen-bond donors (Lipinski definition) is 1. The zero-order chi connectivity index (χ0) is 9.42. The first-order chi connectivity index (χ1) is 6.20. The third-order valence-corrected chi connectivity index (χ3v) is 1.81. The van der Waals surface area contributed by atoms with Crippen molar-refractivity contribution in [1.82, 2.24) is 14.6 Å². The van der Waals surface area contributed by atoms with Gasteiger partial charge in [0.05, 0.1) is 0 Å². The van der Waals surface area contributed by atoms with Crippen molar-refractivity contribution in [3.8, 4) is 0 Å². The van der Waals surface area contributed by atoms with E-state index in [2.05, 4.69) is 10.2 Å². The van der Waals surface area contributed by atoms with E-state index in [0.717, 1.165) is 5.69 Å². The molecular weight excluding hydrogens is 170 g/mol. The molecule has 0 fully saturated rings. The Labute approximate surface area is 73.6 Å². The van der Waals surface area contributed by atoms with Crippen LogP contribution in [0.5, 0.6) is 0 Å². The van der Waals surface area contributed by atoms with Gasteiger partial charge in [-0.2, -0.15) is 0 Å². The summed E-state index contributed by atoms with van der Waals surface area (Å²) in [5, 5.41) is 16.1. The van der Waals surface area contributed by atoms with E-state index in [1.807, 2.05) is 19.1 Å². The van der Waals surface area contributed by atoms with Crippen LogP contribution in [0, 0.1) is 6.92 Å². The van der Waals surface area contributed by atoms with Crippen LogP contribution in [0.3, 0.4) is 0 Å². The third-order valence-electron chi connectivity index (χ3n) is 1.81. The van der Waals surface area contributed by atoms with Gasteiger partial charge in [0.25, 0.3) is 0 Å². The second-order valence-electron chi connectivity index (χ2n) is 2.69. The lowest BCUT2D eigenvalue weighted by Crippen LogP contribution is -2.05. The maximum Gasteiger partial charge on any atom is 0.374 e. The second-order valence-corrected chi connectivity index (χ2v) is 2.69. The molecule has 0 bridgehead atoms. The standard InChI is InChI=1S/C8H7N3O2/c1-5-3-2-4-6-9-10-7(8(12)13)11(5)6/h2-4H,1H3,(H,12,13). The van der Waals surface area contributed by atoms with Crippen LogP contribution < -0.4 is 0 Å². The van der Waals surface area contributed by atoms with Crippen LogP contribution in [0.15, 0.2) is 18.2 Å². The quantitative estimate of drug-likeness (QED) is 0.697. The minimum Gasteiger partial charge on any atom is -0.475 e. The molecule has 2 aromatic heterocycles. The lowest BCUT2D eigenvalue weighted by Gasteiger charge is -1.98. The fourth-order valence-corrected chi connectivity index (χ4v) is 1.24. The van der Waals surface area contributed by atoms with Gasteiger partial charge in [-0.25, -0.2) is 4.79 Å². The Morgan fingerprint density at radius 1 is 1.46 bits per heavy atom. The molecule has 0 radical (unpaired) electrons. The van der Waals surface area contributed by atoms with Gasteiger partial charge >= 0.3 is 5.97 Å². The largest absolute Gasteiger partial charge is 0.475 e. The maximum atomic E-state index is 10.7. The zero-order valence-electron chi connectivity index (χ0n) is 6.93. The van der Waals surface area contributed by atoms with Crippen molar-refractivity contribution in [2.24, 2.45) is 0 Å². The number of aromatic carboxylic acids is 1. The van der Waals surface area contributed by atoms with Crippen molar-refractivity contribution in [1.29, 1.82) is 0 Å². The van der Waals surface area contributed by atoms with Crippen molar-refractivity contribution in [2.75, 3.05) is 0 Å². The minimum absolute atomic E-state index is 0.0481. The fourth-order valence-electron chi connectivity index (χ4n) is 1.24. The molecule has 0 saturated heterocycles. The van der Waals surface area contributed by atoms with E-state index in [-0.39, 0.29) is 5.82 Å². The molecule has 0 unspecified atom stereocenters. The number of carboxylic acids is 1. The highest BCUT2D eigenvalue weighted by molar-refractivity contribution is 5.84. The van der Waals surface area contributed by atoms with Crippen molar-refractivity contribution < 1.29 is 9.90 Å². The highest BCUT2D eigenvalue weighted by Gasteiger charge is 2.12. The highest BCUT2D eigenvalue weighted by Crippen LogP contribution is 2.06. The molecule has 2 rings (SSSR count). The first kappa shape index (κ1) is 7.72. The predicted octanol–water partition coefficient (Wildman–Crippen LogP) is 0.736. The van der Waals surface area contributed by atoms with E-state index in [1.165, 1.54) is 4.40 Å². The number of aryl methyl sites for hydroxylation is 1. The van der Waals surface area contributed by atoms with Gasteiger partial charge in [0.2, 0.25) is 5.82 Å². The summed E-state index contributed by atoms with van der Waals surface area (Å²) in [4.78, 5) is 10.7. The normalized spacial score (nSPS) is 10.5. The van der Waals surface area contributed by atoms with Crippen LogP contribution >= 0.6 is 0 Å². The van der Waals surface area contributed by atoms with Crippen molar-refractivity contribution in [2.45, 2.75) is 6.92 Å². The van der Waals surface area contributed by atoms with Gasteiger partial charge in [-0.3, -0.25) is 4.40 Å². The molecule has 0 aliphatic carbocycles. The molecule has 0 aliphatic heterocycles. The molecule has 66 valence electrons. The number of nitrogens with zero attached hydrogens (tertiary/aromatic N) is 3. The second kappa shape index (κ2) is 2.55. The molecule has 0 aliphatic rings. The molecule has 0 aromatic carbocycles. The highest BCUT2D eigenvalue weighted by atomic mass is 16.4. The van der Waals surface area contributed by atoms with Crippen molar-refractivity contribution in [3.63, 3.8) is 0 Å². The number of fused-ring (bicyclic) bond motifs is 1. The molecule has 1 N–H and O–H groups in total. The summed E-state index contributed by atoms with van der Waals surface area (Å²) in [7, 11) is 0. The van der Waals surface area contributed by atoms with Gasteiger partial charge in [0.15, 0.2) is 5.65 Å². The van der Waals surface area contributed by atoms with Crippen LogP contribution in [-0.2, 0) is 0 Å². The molecule has 0 atom stereocenters. The van der Waals surface area contributed by atoms with Gasteiger partial charge in [0, 0.05) is 5.69 Å². The first-order valence-corrected chi connectivity index (χ1v) is 3.74. The monoisotopic (exact) mass is 177 g/mol. The van der Waals surface area contributed by atoms with Gasteiger partial charge < -0.3 is 5.11 Å². The van der Waals surface area contributed by atoms with Gasteiger partial charge in [-0.1, -0.05) is 6.07 Å². The van der Waals surface area contributed by atoms with Crippen LogP contribution in [0.25, 0.3) is 5.65 Å². The van der Waals surface area contributed by atoms with Crippen LogP contribution in [0.1, 0.15) is 16.3 Å². The molecule has 2 aromatic rings. The van der Waals surface area contributed by atoms with Gasteiger partial charge in [-0.15, -0.1) is 10.2 Å². The van der Waals surface area contributed by atoms with Crippen molar-refractivity contribution in [3.05, 3.63) is 29.7 Å². The van der Waals surface area contributed by atoms with E-state index < -0.39 is 5.97 Å². The Kier molecular flexibility index (Phi) is 1.51. The van der Waals surface area contributed by atoms with Crippen molar-refractivity contribution >= 4 is 11.6 Å². The molecular formula is C8H7N3O2. The van der Waals surface area contributed by atoms with E-state index >= 15 is 0 Å². The predicted molar refractivity (Wildman–Crippen MR) is 44.7 cm³/mol. The molecule has 5 nitrogen and oxygen atoms in total. The molecule has 0 saturated carbocycles. The number of carboxylic acid groups (broad SMARTS) is 1. The summed E-state index contributed by atoms with van der Waals surface area (Å²) < 4.78 is 1.50. The third kappa shape index (κ3) is 1.05. The number of pyridine rings is 1. The summed E-state index contributed by atoms with van der Waals surface area (Å²) in [6.07, 6.45) is 0. The molecule has 13 heavy (non-hydrogen) atoms.